The molecule has 0 aromatic rings. The molecule has 0 atom stereocenters. The summed E-state index contributed by atoms with van der Waals surface area (Å²) in [5.74, 6) is -0.842. The Bertz CT molecular complexity index is 257. The van der Waals surface area contributed by atoms with E-state index in [9.17, 15) is 4.79 Å². The van der Waals surface area contributed by atoms with Gasteiger partial charge in [0.1, 0.15) is 0 Å². The Morgan fingerprint density at radius 1 is 0.870 bits per heavy atom. The van der Waals surface area contributed by atoms with Crippen LogP contribution in [0.2, 0.25) is 0 Å². The van der Waals surface area contributed by atoms with Crippen LogP contribution >= 0.6 is 0 Å². The van der Waals surface area contributed by atoms with E-state index in [1.807, 2.05) is 0 Å². The van der Waals surface area contributed by atoms with Crippen molar-refractivity contribution in [2.75, 3.05) is 39.5 Å². The highest BCUT2D eigenvalue weighted by atomic mass is 16.4. The first-order chi connectivity index (χ1) is 11.1. The van der Waals surface area contributed by atoms with Gasteiger partial charge in [-0.3, -0.25) is 4.90 Å². The lowest BCUT2D eigenvalue weighted by Crippen LogP contribution is -2.32. The molecule has 6 heteroatoms. The van der Waals surface area contributed by atoms with Crippen LogP contribution in [0.25, 0.3) is 0 Å². The summed E-state index contributed by atoms with van der Waals surface area (Å²) in [4.78, 5) is 11.9. The van der Waals surface area contributed by atoms with Crippen LogP contribution < -0.4 is 0 Å². The van der Waals surface area contributed by atoms with Crippen LogP contribution in [0.5, 0.6) is 0 Å². The molecule has 0 bridgehead atoms. The number of carbonyl (C=O) groups is 1. The number of carboxylic acids is 1. The summed E-state index contributed by atoms with van der Waals surface area (Å²) < 4.78 is 0. The summed E-state index contributed by atoms with van der Waals surface area (Å²) in [6.07, 6.45) is 11.4. The molecular weight excluding hydrogens is 298 g/mol. The number of allylic oxidation sites excluding steroid dienone is 1. The van der Waals surface area contributed by atoms with Gasteiger partial charge in [0.05, 0.1) is 19.8 Å². The number of aliphatic hydroxyl groups is 3. The maximum absolute atomic E-state index is 10.1. The second-order valence-electron chi connectivity index (χ2n) is 5.31. The van der Waals surface area contributed by atoms with Crippen LogP contribution in [0, 0.1) is 0 Å². The maximum atomic E-state index is 10.1. The molecule has 0 fully saturated rings. The number of nitrogens with zero attached hydrogens (tertiary/aromatic N) is 1. The molecule has 4 N–H and O–H groups in total. The average molecular weight is 333 g/mol. The third-order valence-electron chi connectivity index (χ3n) is 3.23. The fraction of sp³-hybridized carbons (Fsp3) is 0.824. The third kappa shape index (κ3) is 23.4. The molecule has 0 aliphatic carbocycles. The highest BCUT2D eigenvalue weighted by Gasteiger charge is 2.00. The standard InChI is InChI=1S/C11H20O2.C6H15NO3/c1-2-3-4-5-6-7-8-9-10-11(12)13;8-4-1-7(2-5-9)3-6-10/h9-10H,2-8H2,1H3,(H,12,13);8-10H,1-6H2. The zero-order valence-electron chi connectivity index (χ0n) is 14.5. The minimum Gasteiger partial charge on any atom is -0.478 e. The van der Waals surface area contributed by atoms with E-state index >= 15 is 0 Å². The molecule has 0 spiro atoms. The lowest BCUT2D eigenvalue weighted by atomic mass is 10.1. The molecule has 0 saturated heterocycles. The molecule has 0 aromatic heterocycles. The van der Waals surface area contributed by atoms with Gasteiger partial charge in [0.2, 0.25) is 0 Å². The van der Waals surface area contributed by atoms with Crippen molar-refractivity contribution in [2.24, 2.45) is 0 Å². The molecule has 0 aliphatic heterocycles. The Balaban J connectivity index is 0. The minimum atomic E-state index is -0.842. The predicted molar refractivity (Wildman–Crippen MR) is 92.5 cm³/mol. The summed E-state index contributed by atoms with van der Waals surface area (Å²) in [5, 5.41) is 33.8. The van der Waals surface area contributed by atoms with Gasteiger partial charge in [0.15, 0.2) is 0 Å². The first-order valence-electron chi connectivity index (χ1n) is 8.56. The van der Waals surface area contributed by atoms with E-state index in [0.717, 1.165) is 12.8 Å². The highest BCUT2D eigenvalue weighted by Crippen LogP contribution is 2.06. The quantitative estimate of drug-likeness (QED) is 0.285. The smallest absolute Gasteiger partial charge is 0.327 e. The highest BCUT2D eigenvalue weighted by molar-refractivity contribution is 5.79. The second kappa shape index (κ2) is 21.0. The van der Waals surface area contributed by atoms with Crippen LogP contribution in [-0.2, 0) is 4.79 Å². The van der Waals surface area contributed by atoms with E-state index in [2.05, 4.69) is 6.92 Å². The number of aliphatic hydroxyl groups excluding tert-OH is 3. The summed E-state index contributed by atoms with van der Waals surface area (Å²) >= 11 is 0. The largest absolute Gasteiger partial charge is 0.478 e. The Morgan fingerprint density at radius 3 is 1.78 bits per heavy atom. The van der Waals surface area contributed by atoms with Crippen molar-refractivity contribution >= 4 is 5.97 Å². The van der Waals surface area contributed by atoms with E-state index in [4.69, 9.17) is 20.4 Å². The fourth-order valence-corrected chi connectivity index (χ4v) is 1.99. The molecule has 138 valence electrons. The average Bonchev–Trinajstić information content (AvgIpc) is 2.51. The van der Waals surface area contributed by atoms with Crippen LogP contribution in [-0.4, -0.2) is 70.8 Å². The van der Waals surface area contributed by atoms with Crippen LogP contribution in [0.1, 0.15) is 51.9 Å². The molecule has 0 amide bonds. The van der Waals surface area contributed by atoms with Gasteiger partial charge in [0, 0.05) is 25.7 Å². The summed E-state index contributed by atoms with van der Waals surface area (Å²) in [6.45, 7) is 3.96. The van der Waals surface area contributed by atoms with Crippen molar-refractivity contribution in [3.63, 3.8) is 0 Å². The van der Waals surface area contributed by atoms with Crippen LogP contribution in [0.4, 0.5) is 0 Å². The Labute approximate surface area is 140 Å². The molecule has 0 saturated carbocycles. The van der Waals surface area contributed by atoms with Crippen molar-refractivity contribution < 1.29 is 25.2 Å². The Kier molecular flexibility index (Phi) is 22.2. The van der Waals surface area contributed by atoms with Crippen molar-refractivity contribution in [3.05, 3.63) is 12.2 Å². The Morgan fingerprint density at radius 2 is 1.35 bits per heavy atom. The predicted octanol–water partition coefficient (Wildman–Crippen LogP) is 1.64. The van der Waals surface area contributed by atoms with Gasteiger partial charge < -0.3 is 20.4 Å². The molecule has 0 radical (unpaired) electrons. The van der Waals surface area contributed by atoms with Gasteiger partial charge in [0.25, 0.3) is 0 Å². The number of hydrogen-bond acceptors (Lipinski definition) is 5. The topological polar surface area (TPSA) is 101 Å². The normalized spacial score (nSPS) is 10.8. The van der Waals surface area contributed by atoms with Crippen molar-refractivity contribution in [1.29, 1.82) is 0 Å². The number of carboxylic acid groups (broad SMARTS) is 1. The minimum absolute atomic E-state index is 0.0694. The first kappa shape index (κ1) is 24.3. The van der Waals surface area contributed by atoms with E-state index in [0.29, 0.717) is 19.6 Å². The van der Waals surface area contributed by atoms with Gasteiger partial charge >= 0.3 is 5.97 Å². The zero-order valence-corrected chi connectivity index (χ0v) is 14.5. The molecular formula is C17H35NO5. The second-order valence-corrected chi connectivity index (χ2v) is 5.31. The number of unbranched alkanes of at least 4 members (excludes halogenated alkanes) is 6. The van der Waals surface area contributed by atoms with Gasteiger partial charge in [-0.15, -0.1) is 0 Å². The third-order valence-corrected chi connectivity index (χ3v) is 3.23. The SMILES string of the molecule is CCCCCCCCC=CC(=O)O.OCCN(CCO)CCO. The van der Waals surface area contributed by atoms with Gasteiger partial charge in [-0.1, -0.05) is 45.1 Å². The summed E-state index contributed by atoms with van der Waals surface area (Å²) in [7, 11) is 0. The van der Waals surface area contributed by atoms with E-state index < -0.39 is 5.97 Å². The lowest BCUT2D eigenvalue weighted by Gasteiger charge is -2.17. The van der Waals surface area contributed by atoms with Crippen molar-refractivity contribution in [1.82, 2.24) is 4.90 Å². The molecule has 6 nitrogen and oxygen atoms in total. The first-order valence-corrected chi connectivity index (χ1v) is 8.56. The van der Waals surface area contributed by atoms with Gasteiger partial charge in [-0.25, -0.2) is 4.79 Å². The van der Waals surface area contributed by atoms with Crippen LogP contribution in [0.3, 0.4) is 0 Å². The summed E-state index contributed by atoms with van der Waals surface area (Å²) in [6, 6.07) is 0. The number of hydrogen-bond donors (Lipinski definition) is 4. The molecule has 0 rings (SSSR count). The maximum Gasteiger partial charge on any atom is 0.327 e. The molecule has 0 heterocycles. The van der Waals surface area contributed by atoms with E-state index in [1.165, 1.54) is 38.2 Å². The van der Waals surface area contributed by atoms with Crippen molar-refractivity contribution in [3.8, 4) is 0 Å². The number of rotatable bonds is 14. The molecule has 23 heavy (non-hydrogen) atoms. The molecule has 0 aliphatic rings. The van der Waals surface area contributed by atoms with E-state index in [-0.39, 0.29) is 19.8 Å². The number of aliphatic carboxylic acids is 1. The van der Waals surface area contributed by atoms with Gasteiger partial charge in [-0.05, 0) is 12.8 Å². The fourth-order valence-electron chi connectivity index (χ4n) is 1.99. The zero-order chi connectivity index (χ0) is 17.8. The van der Waals surface area contributed by atoms with Gasteiger partial charge in [-0.2, -0.15) is 0 Å². The van der Waals surface area contributed by atoms with E-state index in [1.54, 1.807) is 11.0 Å². The molecule has 0 unspecified atom stereocenters. The Hall–Kier alpha value is -0.950. The van der Waals surface area contributed by atoms with Crippen molar-refractivity contribution in [2.45, 2.75) is 51.9 Å². The summed E-state index contributed by atoms with van der Waals surface area (Å²) in [5.41, 5.74) is 0. The lowest BCUT2D eigenvalue weighted by molar-refractivity contribution is -0.131. The molecule has 0 aromatic carbocycles. The van der Waals surface area contributed by atoms with Crippen LogP contribution in [0.15, 0.2) is 12.2 Å². The monoisotopic (exact) mass is 333 g/mol.